The predicted molar refractivity (Wildman–Crippen MR) is 100 cm³/mol. The van der Waals surface area contributed by atoms with E-state index in [2.05, 4.69) is 96.4 Å². The summed E-state index contributed by atoms with van der Waals surface area (Å²) in [4.78, 5) is 0. The van der Waals surface area contributed by atoms with Crippen LogP contribution < -0.4 is 0 Å². The maximum absolute atomic E-state index is 2.35. The average Bonchev–Trinajstić information content (AvgIpc) is 2.95. The number of hydrogen-bond donors (Lipinski definition) is 0. The molecule has 0 aliphatic heterocycles. The fraction of sp³-hybridized carbons (Fsp3) is 0.0909. The van der Waals surface area contributed by atoms with E-state index >= 15 is 0 Å². The smallest absolute Gasteiger partial charge is 0.0541 e. The van der Waals surface area contributed by atoms with Gasteiger partial charge in [-0.05, 0) is 36.2 Å². The minimum atomic E-state index is 1.06. The van der Waals surface area contributed by atoms with E-state index in [9.17, 15) is 0 Å². The van der Waals surface area contributed by atoms with Crippen LogP contribution in [0.4, 0.5) is 0 Å². The van der Waals surface area contributed by atoms with Gasteiger partial charge in [-0.1, -0.05) is 67.6 Å². The molecule has 0 N–H and O–H groups in total. The Morgan fingerprint density at radius 1 is 0.739 bits per heavy atom. The van der Waals surface area contributed by atoms with Gasteiger partial charge in [0.25, 0.3) is 0 Å². The molecule has 0 atom stereocenters. The highest BCUT2D eigenvalue weighted by atomic mass is 15.0. The van der Waals surface area contributed by atoms with E-state index in [1.54, 1.807) is 0 Å². The average molecular weight is 297 g/mol. The normalized spacial score (nSPS) is 11.7. The summed E-state index contributed by atoms with van der Waals surface area (Å²) in [6.07, 6.45) is 5.43. The third-order valence-corrected chi connectivity index (χ3v) is 4.28. The maximum atomic E-state index is 2.35. The van der Waals surface area contributed by atoms with Gasteiger partial charge in [-0.15, -0.1) is 0 Å². The van der Waals surface area contributed by atoms with Crippen molar-refractivity contribution in [1.82, 2.24) is 4.57 Å². The lowest BCUT2D eigenvalue weighted by Gasteiger charge is -2.08. The van der Waals surface area contributed by atoms with E-state index in [4.69, 9.17) is 0 Å². The van der Waals surface area contributed by atoms with Gasteiger partial charge in [0.05, 0.1) is 11.0 Å². The molecule has 1 aromatic heterocycles. The summed E-state index contributed by atoms with van der Waals surface area (Å²) in [5, 5.41) is 2.61. The highest BCUT2D eigenvalue weighted by Gasteiger charge is 2.10. The summed E-state index contributed by atoms with van der Waals surface area (Å²) >= 11 is 0. The van der Waals surface area contributed by atoms with E-state index in [0.717, 1.165) is 6.42 Å². The van der Waals surface area contributed by atoms with Crippen LogP contribution in [-0.4, -0.2) is 4.57 Å². The lowest BCUT2D eigenvalue weighted by Crippen LogP contribution is -1.93. The van der Waals surface area contributed by atoms with Gasteiger partial charge >= 0.3 is 0 Å². The second kappa shape index (κ2) is 5.77. The lowest BCUT2D eigenvalue weighted by molar-refractivity contribution is 1.18. The van der Waals surface area contributed by atoms with Crippen LogP contribution >= 0.6 is 0 Å². The fourth-order valence-corrected chi connectivity index (χ4v) is 3.19. The van der Waals surface area contributed by atoms with Gasteiger partial charge in [0.1, 0.15) is 0 Å². The Morgan fingerprint density at radius 2 is 1.30 bits per heavy atom. The summed E-state index contributed by atoms with van der Waals surface area (Å²) < 4.78 is 2.35. The molecule has 4 rings (SSSR count). The van der Waals surface area contributed by atoms with E-state index in [1.807, 2.05) is 0 Å². The predicted octanol–water partition coefficient (Wildman–Crippen LogP) is 6.21. The summed E-state index contributed by atoms with van der Waals surface area (Å²) in [5.41, 5.74) is 4.96. The largest absolute Gasteiger partial charge is 0.309 e. The molecule has 0 unspecified atom stereocenters. The van der Waals surface area contributed by atoms with Crippen LogP contribution in [0.2, 0.25) is 0 Å². The second-order valence-corrected chi connectivity index (χ2v) is 5.77. The topological polar surface area (TPSA) is 4.93 Å². The molecule has 0 aliphatic carbocycles. The van der Waals surface area contributed by atoms with Gasteiger partial charge in [0, 0.05) is 16.5 Å². The first-order valence-electron chi connectivity index (χ1n) is 8.13. The maximum Gasteiger partial charge on any atom is 0.0541 e. The Hall–Kier alpha value is -2.80. The van der Waals surface area contributed by atoms with E-state index in [-0.39, 0.29) is 0 Å². The number of allylic oxidation sites excluding steroid dienone is 1. The molecule has 23 heavy (non-hydrogen) atoms. The van der Waals surface area contributed by atoms with Crippen LogP contribution in [0.1, 0.15) is 18.9 Å². The lowest BCUT2D eigenvalue weighted by atomic mass is 10.2. The summed E-state index contributed by atoms with van der Waals surface area (Å²) in [7, 11) is 0. The number of aromatic nitrogens is 1. The number of nitrogens with zero attached hydrogens (tertiary/aromatic N) is 1. The third kappa shape index (κ3) is 2.35. The van der Waals surface area contributed by atoms with Gasteiger partial charge in [-0.25, -0.2) is 0 Å². The highest BCUT2D eigenvalue weighted by Crippen LogP contribution is 2.31. The second-order valence-electron chi connectivity index (χ2n) is 5.77. The van der Waals surface area contributed by atoms with Gasteiger partial charge in [0.2, 0.25) is 0 Å². The Kier molecular flexibility index (Phi) is 3.47. The van der Waals surface area contributed by atoms with Gasteiger partial charge in [-0.3, -0.25) is 0 Å². The molecule has 0 saturated carbocycles. The molecule has 1 heteroatoms. The Balaban J connectivity index is 1.95. The van der Waals surface area contributed by atoms with Crippen molar-refractivity contribution >= 4 is 27.9 Å². The molecule has 0 bridgehead atoms. The van der Waals surface area contributed by atoms with Crippen molar-refractivity contribution in [2.45, 2.75) is 13.3 Å². The zero-order valence-corrected chi connectivity index (χ0v) is 13.2. The highest BCUT2D eigenvalue weighted by molar-refractivity contribution is 6.09. The fourth-order valence-electron chi connectivity index (χ4n) is 3.19. The first-order chi connectivity index (χ1) is 11.4. The van der Waals surface area contributed by atoms with E-state index in [1.165, 1.54) is 33.1 Å². The Bertz CT molecular complexity index is 934. The molecule has 4 aromatic rings. The van der Waals surface area contributed by atoms with Gasteiger partial charge in [-0.2, -0.15) is 0 Å². The molecule has 112 valence electrons. The zero-order chi connectivity index (χ0) is 15.6. The van der Waals surface area contributed by atoms with Gasteiger partial charge < -0.3 is 4.57 Å². The van der Waals surface area contributed by atoms with Crippen molar-refractivity contribution in [3.8, 4) is 5.69 Å². The van der Waals surface area contributed by atoms with Gasteiger partial charge in [0.15, 0.2) is 0 Å². The summed E-state index contributed by atoms with van der Waals surface area (Å²) in [5.74, 6) is 0. The molecule has 0 fully saturated rings. The molecule has 1 nitrogen and oxygen atoms in total. The third-order valence-electron chi connectivity index (χ3n) is 4.28. The first-order valence-corrected chi connectivity index (χ1v) is 8.13. The van der Waals surface area contributed by atoms with Crippen LogP contribution in [0, 0.1) is 0 Å². The van der Waals surface area contributed by atoms with E-state index in [0.29, 0.717) is 0 Å². The Morgan fingerprint density at radius 3 is 1.87 bits per heavy atom. The SMILES string of the molecule is CC/C=C/c1ccc(-n2c3ccccc3c3ccccc32)cc1. The monoisotopic (exact) mass is 297 g/mol. The van der Waals surface area contributed by atoms with Crippen molar-refractivity contribution in [2.24, 2.45) is 0 Å². The number of hydrogen-bond acceptors (Lipinski definition) is 0. The van der Waals surface area contributed by atoms with Crippen molar-refractivity contribution < 1.29 is 0 Å². The molecule has 0 aliphatic rings. The Labute approximate surface area is 136 Å². The van der Waals surface area contributed by atoms with Crippen molar-refractivity contribution in [3.63, 3.8) is 0 Å². The molecule has 1 heterocycles. The zero-order valence-electron chi connectivity index (χ0n) is 13.2. The number of fused-ring (bicyclic) bond motifs is 3. The molecule has 0 saturated heterocycles. The van der Waals surface area contributed by atoms with E-state index < -0.39 is 0 Å². The van der Waals surface area contributed by atoms with Crippen LogP contribution in [-0.2, 0) is 0 Å². The van der Waals surface area contributed by atoms with Crippen molar-refractivity contribution in [1.29, 1.82) is 0 Å². The number of benzene rings is 3. The van der Waals surface area contributed by atoms with Crippen molar-refractivity contribution in [3.05, 3.63) is 84.4 Å². The molecule has 0 spiro atoms. The first kappa shape index (κ1) is 13.8. The van der Waals surface area contributed by atoms with Crippen LogP contribution in [0.3, 0.4) is 0 Å². The van der Waals surface area contributed by atoms with Crippen LogP contribution in [0.25, 0.3) is 33.6 Å². The van der Waals surface area contributed by atoms with Crippen LogP contribution in [0.15, 0.2) is 78.9 Å². The van der Waals surface area contributed by atoms with Crippen LogP contribution in [0.5, 0.6) is 0 Å². The molecule has 0 radical (unpaired) electrons. The summed E-state index contributed by atoms with van der Waals surface area (Å²) in [6, 6.07) is 26.0. The molecular weight excluding hydrogens is 278 g/mol. The summed E-state index contributed by atoms with van der Waals surface area (Å²) in [6.45, 7) is 2.16. The minimum absolute atomic E-state index is 1.06. The minimum Gasteiger partial charge on any atom is -0.309 e. The standard InChI is InChI=1S/C22H19N/c1-2-3-8-17-13-15-18(16-14-17)23-21-11-6-4-9-19(21)20-10-5-7-12-22(20)23/h3-16H,2H2,1H3/b8-3+. The molecular formula is C22H19N. The number of rotatable bonds is 3. The molecule has 3 aromatic carbocycles. The van der Waals surface area contributed by atoms with Crippen molar-refractivity contribution in [2.75, 3.05) is 0 Å². The number of para-hydroxylation sites is 2. The quantitative estimate of drug-likeness (QED) is 0.424. The molecule has 0 amide bonds.